The van der Waals surface area contributed by atoms with Gasteiger partial charge in [-0.2, -0.15) is 0 Å². The van der Waals surface area contributed by atoms with Crippen LogP contribution in [0.25, 0.3) is 11.1 Å². The number of allylic oxidation sites excluding steroid dienone is 9. The lowest BCUT2D eigenvalue weighted by molar-refractivity contribution is 0.695. The van der Waals surface area contributed by atoms with Crippen molar-refractivity contribution in [2.24, 2.45) is 17.4 Å². The second-order valence-electron chi connectivity index (χ2n) is 8.52. The third kappa shape index (κ3) is 19.7. The van der Waals surface area contributed by atoms with Crippen molar-refractivity contribution < 1.29 is 0 Å². The summed E-state index contributed by atoms with van der Waals surface area (Å²) >= 11 is 0. The van der Waals surface area contributed by atoms with Crippen molar-refractivity contribution in [1.29, 1.82) is 0 Å². The van der Waals surface area contributed by atoms with Gasteiger partial charge < -0.3 is 17.2 Å². The van der Waals surface area contributed by atoms with Crippen molar-refractivity contribution in [2.45, 2.75) is 88.5 Å². The van der Waals surface area contributed by atoms with E-state index in [9.17, 15) is 0 Å². The highest BCUT2D eigenvalue weighted by Gasteiger charge is 2.13. The van der Waals surface area contributed by atoms with Gasteiger partial charge in [-0.1, -0.05) is 135 Å². The van der Waals surface area contributed by atoms with Crippen molar-refractivity contribution in [2.75, 3.05) is 12.3 Å². The van der Waals surface area contributed by atoms with Gasteiger partial charge in [0, 0.05) is 5.69 Å². The summed E-state index contributed by atoms with van der Waals surface area (Å²) in [4.78, 5) is 0. The number of nitrogen functional groups attached to an aromatic ring is 1. The van der Waals surface area contributed by atoms with Crippen molar-refractivity contribution in [3.8, 4) is 11.1 Å². The van der Waals surface area contributed by atoms with Gasteiger partial charge in [0.15, 0.2) is 0 Å². The largest absolute Gasteiger partial charge is 0.403 e. The summed E-state index contributed by atoms with van der Waals surface area (Å²) in [5.74, 6) is 0.694. The summed E-state index contributed by atoms with van der Waals surface area (Å²) in [6.45, 7) is 24.1. The van der Waals surface area contributed by atoms with E-state index in [-0.39, 0.29) is 0 Å². The molecule has 0 aliphatic heterocycles. The fourth-order valence-corrected chi connectivity index (χ4v) is 3.44. The Morgan fingerprint density at radius 3 is 1.90 bits per heavy atom. The van der Waals surface area contributed by atoms with E-state index in [0.29, 0.717) is 11.6 Å². The molecule has 1 atom stereocenters. The number of benzene rings is 2. The van der Waals surface area contributed by atoms with E-state index in [0.717, 1.165) is 17.8 Å². The molecule has 3 nitrogen and oxygen atoms in total. The smallest absolute Gasteiger partial charge is 0.0344 e. The van der Waals surface area contributed by atoms with Crippen LogP contribution in [0.3, 0.4) is 0 Å². The molecule has 2 aromatic rings. The average Bonchev–Trinajstić information content (AvgIpc) is 2.99. The van der Waals surface area contributed by atoms with Gasteiger partial charge in [0.1, 0.15) is 0 Å². The zero-order valence-corrected chi connectivity index (χ0v) is 27.4. The average molecular weight is 548 g/mol. The SMILES string of the molecule is C=C(C)N.CC.CC.CC.CC1CC=CC=C1C1=CCCC=C1.CCN.Cc1cc(-c2ccccc2)ccc1N. The van der Waals surface area contributed by atoms with E-state index < -0.39 is 0 Å². The number of hydrogen-bond acceptors (Lipinski definition) is 3. The number of hydrogen-bond donors (Lipinski definition) is 3. The molecule has 0 bridgehead atoms. The van der Waals surface area contributed by atoms with Gasteiger partial charge in [0.25, 0.3) is 0 Å². The predicted octanol–water partition coefficient (Wildman–Crippen LogP) is 10.6. The quantitative estimate of drug-likeness (QED) is 0.327. The van der Waals surface area contributed by atoms with Gasteiger partial charge in [-0.25, -0.2) is 0 Å². The summed E-state index contributed by atoms with van der Waals surface area (Å²) in [5, 5.41) is 0. The lowest BCUT2D eigenvalue weighted by Crippen LogP contribution is -2.04. The van der Waals surface area contributed by atoms with Crippen molar-refractivity contribution in [1.82, 2.24) is 0 Å². The monoisotopic (exact) mass is 547 g/mol. The summed E-state index contributed by atoms with van der Waals surface area (Å²) in [5.41, 5.74) is 23.6. The van der Waals surface area contributed by atoms with Gasteiger partial charge in [-0.05, 0) is 91.2 Å². The topological polar surface area (TPSA) is 78.1 Å². The Hall–Kier alpha value is -3.30. The highest BCUT2D eigenvalue weighted by atomic mass is 14.5. The summed E-state index contributed by atoms with van der Waals surface area (Å²) in [6, 6.07) is 16.4. The molecule has 0 saturated heterocycles. The minimum atomic E-state index is 0.667. The molecule has 2 aliphatic rings. The Labute approximate surface area is 248 Å². The van der Waals surface area contributed by atoms with Crippen LogP contribution in [0.4, 0.5) is 5.69 Å². The van der Waals surface area contributed by atoms with Gasteiger partial charge in [0.2, 0.25) is 0 Å². The molecule has 0 saturated carbocycles. The molecule has 2 aliphatic carbocycles. The minimum absolute atomic E-state index is 0.667. The molecule has 6 N–H and O–H groups in total. The first-order valence-corrected chi connectivity index (χ1v) is 15.1. The van der Waals surface area contributed by atoms with Crippen LogP contribution in [-0.4, -0.2) is 6.54 Å². The first-order valence-electron chi connectivity index (χ1n) is 15.1. The Bertz CT molecular complexity index is 991. The fourth-order valence-electron chi connectivity index (χ4n) is 3.44. The van der Waals surface area contributed by atoms with Crippen LogP contribution >= 0.6 is 0 Å². The summed E-state index contributed by atoms with van der Waals surface area (Å²) < 4.78 is 0. The lowest BCUT2D eigenvalue weighted by Gasteiger charge is -2.19. The first kappa shape index (κ1) is 41.2. The Morgan fingerprint density at radius 1 is 0.900 bits per heavy atom. The molecule has 224 valence electrons. The van der Waals surface area contributed by atoms with Crippen LogP contribution in [0.2, 0.25) is 0 Å². The second-order valence-corrected chi connectivity index (χ2v) is 8.52. The normalized spacial score (nSPS) is 13.8. The van der Waals surface area contributed by atoms with E-state index >= 15 is 0 Å². The standard InChI is InChI=1S/C13H13N.C13H16.C3H7N.C2H7N.3C2H6/c1-10-9-12(7-8-13(10)14)11-5-3-2-4-6-11;1-11-7-5-6-10-13(11)12-8-3-2-4-9-12;1-3(2)4;1-2-3;3*1-2/h2-9H,14H2,1H3;3,5-6,8-11H,2,4,7H2,1H3;1,4H2,2H3;2-3H2,1H3;3*1-2H3. The molecule has 40 heavy (non-hydrogen) atoms. The van der Waals surface area contributed by atoms with Crippen LogP contribution < -0.4 is 17.2 Å². The lowest BCUT2D eigenvalue weighted by atomic mass is 9.86. The maximum absolute atomic E-state index is 5.77. The van der Waals surface area contributed by atoms with Crippen molar-refractivity contribution in [3.63, 3.8) is 0 Å². The Balaban J connectivity index is -0.000000485. The first-order chi connectivity index (χ1) is 19.3. The molecule has 2 aromatic carbocycles. The van der Waals surface area contributed by atoms with E-state index in [1.54, 1.807) is 6.92 Å². The number of nitrogens with two attached hydrogens (primary N) is 3. The van der Waals surface area contributed by atoms with Crippen LogP contribution in [0.15, 0.2) is 108 Å². The molecular formula is C37H61N3. The molecule has 0 fully saturated rings. The number of rotatable bonds is 2. The van der Waals surface area contributed by atoms with Crippen LogP contribution in [0.5, 0.6) is 0 Å². The highest BCUT2D eigenvalue weighted by Crippen LogP contribution is 2.29. The summed E-state index contributed by atoms with van der Waals surface area (Å²) in [7, 11) is 0. The van der Waals surface area contributed by atoms with Crippen molar-refractivity contribution >= 4 is 5.69 Å². The highest BCUT2D eigenvalue weighted by molar-refractivity contribution is 5.67. The number of aryl methyl sites for hydroxylation is 1. The molecule has 0 amide bonds. The second kappa shape index (κ2) is 28.7. The molecule has 3 heteroatoms. The molecule has 0 spiro atoms. The third-order valence-electron chi connectivity index (χ3n) is 5.14. The predicted molar refractivity (Wildman–Crippen MR) is 186 cm³/mol. The fraction of sp³-hybridized carbons (Fsp3) is 0.405. The molecule has 0 radical (unpaired) electrons. The van der Waals surface area contributed by atoms with Crippen LogP contribution in [0, 0.1) is 12.8 Å². The van der Waals surface area contributed by atoms with E-state index in [1.165, 1.54) is 41.5 Å². The van der Waals surface area contributed by atoms with Gasteiger partial charge in [-0.15, -0.1) is 0 Å². The minimum Gasteiger partial charge on any atom is -0.403 e. The molecule has 1 unspecified atom stereocenters. The zero-order valence-electron chi connectivity index (χ0n) is 27.4. The molecule has 4 rings (SSSR count). The van der Waals surface area contributed by atoms with E-state index in [4.69, 9.17) is 17.2 Å². The summed E-state index contributed by atoms with van der Waals surface area (Å²) in [6.07, 6.45) is 17.2. The van der Waals surface area contributed by atoms with Crippen LogP contribution in [0.1, 0.15) is 87.1 Å². The van der Waals surface area contributed by atoms with E-state index in [2.05, 4.69) is 74.2 Å². The third-order valence-corrected chi connectivity index (χ3v) is 5.14. The maximum atomic E-state index is 5.77. The molecule has 0 aromatic heterocycles. The van der Waals surface area contributed by atoms with Crippen molar-refractivity contribution in [3.05, 3.63) is 114 Å². The van der Waals surface area contributed by atoms with Gasteiger partial charge in [-0.3, -0.25) is 0 Å². The number of anilines is 1. The maximum Gasteiger partial charge on any atom is 0.0344 e. The van der Waals surface area contributed by atoms with Gasteiger partial charge in [0.05, 0.1) is 0 Å². The van der Waals surface area contributed by atoms with Gasteiger partial charge >= 0.3 is 0 Å². The molecule has 0 heterocycles. The van der Waals surface area contributed by atoms with E-state index in [1.807, 2.05) is 79.7 Å². The van der Waals surface area contributed by atoms with Crippen LogP contribution in [-0.2, 0) is 0 Å². The Kier molecular flexibility index (Phi) is 29.6. The zero-order chi connectivity index (χ0) is 31.3. The molecular weight excluding hydrogens is 486 g/mol. The Morgan fingerprint density at radius 2 is 1.45 bits per heavy atom.